The molecule has 1 aromatic carbocycles. The lowest BCUT2D eigenvalue weighted by molar-refractivity contribution is -0.274. The van der Waals surface area contributed by atoms with Crippen LogP contribution < -0.4 is 10.1 Å². The van der Waals surface area contributed by atoms with Crippen molar-refractivity contribution in [1.29, 1.82) is 0 Å². The van der Waals surface area contributed by atoms with Gasteiger partial charge in [-0.1, -0.05) is 27.7 Å². The van der Waals surface area contributed by atoms with Crippen molar-refractivity contribution < 1.29 is 17.9 Å². The van der Waals surface area contributed by atoms with Crippen molar-refractivity contribution in [3.8, 4) is 5.75 Å². The molecule has 1 unspecified atom stereocenters. The van der Waals surface area contributed by atoms with Crippen LogP contribution in [0.4, 0.5) is 18.9 Å². The normalized spacial score (nSPS) is 19.2. The molecule has 0 aromatic heterocycles. The number of hydrogen-bond donors (Lipinski definition) is 1. The van der Waals surface area contributed by atoms with E-state index in [0.29, 0.717) is 9.64 Å². The molecule has 8 heteroatoms. The Morgan fingerprint density at radius 2 is 2.21 bits per heavy atom. The van der Waals surface area contributed by atoms with Gasteiger partial charge in [-0.05, 0) is 25.1 Å². The van der Waals surface area contributed by atoms with Crippen molar-refractivity contribution >= 4 is 38.5 Å². The lowest BCUT2D eigenvalue weighted by atomic mass is 10.3. The lowest BCUT2D eigenvalue weighted by Crippen LogP contribution is -2.18. The Bertz CT molecular complexity index is 507. The number of amidine groups is 1. The third-order valence-corrected chi connectivity index (χ3v) is 3.83. The molecular formula is C11H10BrF3N2OS. The standard InChI is InChI=1S/C11H10BrF3N2OS/c1-6-5-19-10(16-6)17-8-3-2-7(12)4-9(8)18-11(13,14)15/h2-4,6H,5H2,1H3,(H,16,17). The topological polar surface area (TPSA) is 33.6 Å². The molecule has 1 aliphatic rings. The highest BCUT2D eigenvalue weighted by Crippen LogP contribution is 2.34. The van der Waals surface area contributed by atoms with Gasteiger partial charge in [-0.3, -0.25) is 4.99 Å². The first-order valence-electron chi connectivity index (χ1n) is 5.36. The summed E-state index contributed by atoms with van der Waals surface area (Å²) in [4.78, 5) is 4.26. The fourth-order valence-electron chi connectivity index (χ4n) is 1.47. The summed E-state index contributed by atoms with van der Waals surface area (Å²) in [5.74, 6) is 0.527. The maximum Gasteiger partial charge on any atom is 0.573 e. The van der Waals surface area contributed by atoms with Crippen LogP contribution >= 0.6 is 27.7 Å². The molecule has 1 aliphatic heterocycles. The molecule has 0 bridgehead atoms. The van der Waals surface area contributed by atoms with E-state index in [-0.39, 0.29) is 17.5 Å². The summed E-state index contributed by atoms with van der Waals surface area (Å²) in [6, 6.07) is 4.57. The van der Waals surface area contributed by atoms with Crippen LogP contribution in [0.15, 0.2) is 27.7 Å². The zero-order valence-electron chi connectivity index (χ0n) is 9.79. The van der Waals surface area contributed by atoms with Crippen LogP contribution in [-0.2, 0) is 0 Å². The first-order chi connectivity index (χ1) is 8.83. The average molecular weight is 355 g/mol. The number of rotatable bonds is 2. The van der Waals surface area contributed by atoms with Gasteiger partial charge in [0.05, 0.1) is 11.7 Å². The molecule has 0 amide bonds. The van der Waals surface area contributed by atoms with E-state index < -0.39 is 6.36 Å². The fraction of sp³-hybridized carbons (Fsp3) is 0.364. The van der Waals surface area contributed by atoms with Gasteiger partial charge in [-0.25, -0.2) is 0 Å². The quantitative estimate of drug-likeness (QED) is 0.861. The van der Waals surface area contributed by atoms with Gasteiger partial charge < -0.3 is 10.1 Å². The van der Waals surface area contributed by atoms with Crippen LogP contribution in [0.1, 0.15) is 6.92 Å². The number of aliphatic imine (C=N–C) groups is 1. The van der Waals surface area contributed by atoms with Crippen molar-refractivity contribution in [2.45, 2.75) is 19.3 Å². The third kappa shape index (κ3) is 4.31. The molecule has 0 saturated carbocycles. The molecular weight excluding hydrogens is 345 g/mol. The van der Waals surface area contributed by atoms with E-state index in [2.05, 4.69) is 31.0 Å². The number of ether oxygens (including phenoxy) is 1. The van der Waals surface area contributed by atoms with Gasteiger partial charge in [-0.15, -0.1) is 13.2 Å². The smallest absolute Gasteiger partial charge is 0.404 e. The minimum absolute atomic E-state index is 0.162. The molecule has 0 saturated heterocycles. The molecule has 104 valence electrons. The number of halogens is 4. The number of anilines is 1. The molecule has 1 atom stereocenters. The van der Waals surface area contributed by atoms with Crippen molar-refractivity contribution in [3.05, 3.63) is 22.7 Å². The summed E-state index contributed by atoms with van der Waals surface area (Å²) >= 11 is 4.58. The van der Waals surface area contributed by atoms with Crippen molar-refractivity contribution in [1.82, 2.24) is 0 Å². The third-order valence-electron chi connectivity index (χ3n) is 2.21. The molecule has 0 fully saturated rings. The van der Waals surface area contributed by atoms with E-state index in [9.17, 15) is 13.2 Å². The molecule has 1 aromatic rings. The lowest BCUT2D eigenvalue weighted by Gasteiger charge is -2.14. The highest BCUT2D eigenvalue weighted by molar-refractivity contribution is 9.10. The SMILES string of the molecule is CC1CSC(Nc2ccc(Br)cc2OC(F)(F)F)=N1. The molecule has 0 aliphatic carbocycles. The number of alkyl halides is 3. The van der Waals surface area contributed by atoms with Gasteiger partial charge in [0, 0.05) is 10.2 Å². The van der Waals surface area contributed by atoms with E-state index in [1.54, 1.807) is 6.07 Å². The molecule has 19 heavy (non-hydrogen) atoms. The molecule has 1 heterocycles. The number of nitrogens with one attached hydrogen (secondary N) is 1. The van der Waals surface area contributed by atoms with Crippen LogP contribution in [0.2, 0.25) is 0 Å². The van der Waals surface area contributed by atoms with Crippen molar-refractivity contribution in [2.24, 2.45) is 4.99 Å². The Morgan fingerprint density at radius 1 is 1.47 bits per heavy atom. The molecule has 0 radical (unpaired) electrons. The number of benzene rings is 1. The molecule has 0 spiro atoms. The monoisotopic (exact) mass is 354 g/mol. The number of nitrogens with zero attached hydrogens (tertiary/aromatic N) is 1. The number of hydrogen-bond acceptors (Lipinski definition) is 4. The minimum atomic E-state index is -4.73. The predicted octanol–water partition coefficient (Wildman–Crippen LogP) is 4.25. The Morgan fingerprint density at radius 3 is 2.79 bits per heavy atom. The first-order valence-corrected chi connectivity index (χ1v) is 7.14. The Labute approximate surface area is 120 Å². The van der Waals surface area contributed by atoms with Gasteiger partial charge in [0.2, 0.25) is 0 Å². The largest absolute Gasteiger partial charge is 0.573 e. The first kappa shape index (κ1) is 14.5. The summed E-state index contributed by atoms with van der Waals surface area (Å²) in [6.45, 7) is 1.94. The van der Waals surface area contributed by atoms with E-state index in [1.807, 2.05) is 6.92 Å². The summed E-state index contributed by atoms with van der Waals surface area (Å²) in [5, 5.41) is 3.46. The maximum atomic E-state index is 12.3. The van der Waals surface area contributed by atoms with E-state index in [4.69, 9.17) is 0 Å². The van der Waals surface area contributed by atoms with Gasteiger partial charge in [0.15, 0.2) is 10.9 Å². The predicted molar refractivity (Wildman–Crippen MR) is 73.8 cm³/mol. The van der Waals surface area contributed by atoms with Gasteiger partial charge in [0.1, 0.15) is 0 Å². The Hall–Kier alpha value is -0.890. The van der Waals surface area contributed by atoms with Gasteiger partial charge in [-0.2, -0.15) is 0 Å². The Kier molecular flexibility index (Phi) is 4.29. The highest BCUT2D eigenvalue weighted by atomic mass is 79.9. The average Bonchev–Trinajstić information content (AvgIpc) is 2.66. The van der Waals surface area contributed by atoms with Crippen molar-refractivity contribution in [3.63, 3.8) is 0 Å². The minimum Gasteiger partial charge on any atom is -0.404 e. The van der Waals surface area contributed by atoms with Crippen LogP contribution in [0.25, 0.3) is 0 Å². The maximum absolute atomic E-state index is 12.3. The van der Waals surface area contributed by atoms with E-state index >= 15 is 0 Å². The zero-order valence-corrected chi connectivity index (χ0v) is 12.2. The molecule has 3 nitrogen and oxygen atoms in total. The van der Waals surface area contributed by atoms with Gasteiger partial charge in [0.25, 0.3) is 0 Å². The van der Waals surface area contributed by atoms with Crippen LogP contribution in [0.3, 0.4) is 0 Å². The van der Waals surface area contributed by atoms with E-state index in [0.717, 1.165) is 5.75 Å². The fourth-order valence-corrected chi connectivity index (χ4v) is 2.72. The van der Waals surface area contributed by atoms with Crippen molar-refractivity contribution in [2.75, 3.05) is 11.1 Å². The van der Waals surface area contributed by atoms with Crippen LogP contribution in [-0.4, -0.2) is 23.3 Å². The molecule has 1 N–H and O–H groups in total. The highest BCUT2D eigenvalue weighted by Gasteiger charge is 2.32. The van der Waals surface area contributed by atoms with Crippen LogP contribution in [0.5, 0.6) is 5.75 Å². The second kappa shape index (κ2) is 5.62. The van der Waals surface area contributed by atoms with Crippen LogP contribution in [0, 0.1) is 0 Å². The summed E-state index contributed by atoms with van der Waals surface area (Å²) in [6.07, 6.45) is -4.73. The molecule has 2 rings (SSSR count). The zero-order chi connectivity index (χ0) is 14.0. The summed E-state index contributed by atoms with van der Waals surface area (Å²) in [5.41, 5.74) is 0.237. The summed E-state index contributed by atoms with van der Waals surface area (Å²) in [7, 11) is 0. The summed E-state index contributed by atoms with van der Waals surface area (Å²) < 4.78 is 41.5. The second-order valence-electron chi connectivity index (χ2n) is 3.91. The van der Waals surface area contributed by atoms with E-state index in [1.165, 1.54) is 23.9 Å². The Balaban J connectivity index is 2.22. The van der Waals surface area contributed by atoms with Gasteiger partial charge >= 0.3 is 6.36 Å². The number of thioether (sulfide) groups is 1. The second-order valence-corrected chi connectivity index (χ2v) is 5.83.